The Kier molecular flexibility index (Phi) is 6.44. The number of rotatable bonds is 7. The predicted molar refractivity (Wildman–Crippen MR) is 96.9 cm³/mol. The molecule has 2 aromatic rings. The molecule has 122 valence electrons. The van der Waals surface area contributed by atoms with E-state index in [0.717, 1.165) is 5.69 Å². The first-order chi connectivity index (χ1) is 11.1. The molecule has 0 fully saturated rings. The molecule has 0 aromatic heterocycles. The fourth-order valence-electron chi connectivity index (χ4n) is 2.22. The number of carbonyl (C=O) groups excluding carboxylic acids is 1. The fraction of sp³-hybridized carbons (Fsp3) is 0.278. The molecule has 1 unspecified atom stereocenters. The molecule has 1 atom stereocenters. The van der Waals surface area contributed by atoms with E-state index in [2.05, 4.69) is 28.1 Å². The standard InChI is InChI=1S/C18H22ClN3O/c1-13(11-20-2)18(23)22-17-10-15(19)8-9-16(17)21-12-14-6-4-3-5-7-14/h3-10,13,20-21H,11-12H2,1-2H3,(H,22,23). The Hall–Kier alpha value is -2.04. The molecule has 23 heavy (non-hydrogen) atoms. The molecule has 5 heteroatoms. The SMILES string of the molecule is CNCC(C)C(=O)Nc1cc(Cl)ccc1NCc1ccccc1. The van der Waals surface area contributed by atoms with Gasteiger partial charge in [-0.3, -0.25) is 4.79 Å². The normalized spacial score (nSPS) is 11.8. The fourth-order valence-corrected chi connectivity index (χ4v) is 2.39. The van der Waals surface area contributed by atoms with Gasteiger partial charge in [0.1, 0.15) is 0 Å². The lowest BCUT2D eigenvalue weighted by Crippen LogP contribution is -2.28. The number of hydrogen-bond donors (Lipinski definition) is 3. The first-order valence-electron chi connectivity index (χ1n) is 7.63. The molecule has 0 bridgehead atoms. The molecule has 0 radical (unpaired) electrons. The van der Waals surface area contributed by atoms with Crippen molar-refractivity contribution in [1.82, 2.24) is 5.32 Å². The monoisotopic (exact) mass is 331 g/mol. The van der Waals surface area contributed by atoms with Crippen molar-refractivity contribution in [2.75, 3.05) is 24.2 Å². The van der Waals surface area contributed by atoms with Crippen LogP contribution in [-0.4, -0.2) is 19.5 Å². The van der Waals surface area contributed by atoms with Crippen LogP contribution in [0.5, 0.6) is 0 Å². The van der Waals surface area contributed by atoms with Gasteiger partial charge < -0.3 is 16.0 Å². The van der Waals surface area contributed by atoms with E-state index >= 15 is 0 Å². The van der Waals surface area contributed by atoms with Crippen LogP contribution in [0.4, 0.5) is 11.4 Å². The largest absolute Gasteiger partial charge is 0.379 e. The van der Waals surface area contributed by atoms with Crippen molar-refractivity contribution in [2.24, 2.45) is 5.92 Å². The van der Waals surface area contributed by atoms with Gasteiger partial charge in [0.05, 0.1) is 11.4 Å². The Morgan fingerprint density at radius 3 is 2.57 bits per heavy atom. The van der Waals surface area contributed by atoms with E-state index in [4.69, 9.17) is 11.6 Å². The average molecular weight is 332 g/mol. The molecule has 0 saturated carbocycles. The number of hydrogen-bond acceptors (Lipinski definition) is 3. The summed E-state index contributed by atoms with van der Waals surface area (Å²) < 4.78 is 0. The van der Waals surface area contributed by atoms with Crippen molar-refractivity contribution in [2.45, 2.75) is 13.5 Å². The molecule has 2 rings (SSSR count). The molecular weight excluding hydrogens is 310 g/mol. The second-order valence-corrected chi connectivity index (χ2v) is 5.91. The van der Waals surface area contributed by atoms with Crippen molar-refractivity contribution in [1.29, 1.82) is 0 Å². The topological polar surface area (TPSA) is 53.2 Å². The van der Waals surface area contributed by atoms with E-state index in [9.17, 15) is 4.79 Å². The van der Waals surface area contributed by atoms with Gasteiger partial charge in [0.25, 0.3) is 0 Å². The zero-order valence-electron chi connectivity index (χ0n) is 13.4. The van der Waals surface area contributed by atoms with Crippen molar-refractivity contribution >= 4 is 28.9 Å². The lowest BCUT2D eigenvalue weighted by Gasteiger charge is -2.16. The van der Waals surface area contributed by atoms with Crippen molar-refractivity contribution < 1.29 is 4.79 Å². The van der Waals surface area contributed by atoms with E-state index in [0.29, 0.717) is 23.8 Å². The van der Waals surface area contributed by atoms with E-state index < -0.39 is 0 Å². The number of anilines is 2. The predicted octanol–water partition coefficient (Wildman–Crippen LogP) is 3.75. The molecule has 0 saturated heterocycles. The van der Waals surface area contributed by atoms with Gasteiger partial charge in [-0.2, -0.15) is 0 Å². The van der Waals surface area contributed by atoms with E-state index in [-0.39, 0.29) is 11.8 Å². The van der Waals surface area contributed by atoms with Crippen molar-refractivity contribution in [3.05, 3.63) is 59.1 Å². The molecule has 2 aromatic carbocycles. The molecule has 0 heterocycles. The molecule has 0 aliphatic carbocycles. The summed E-state index contributed by atoms with van der Waals surface area (Å²) in [4.78, 5) is 12.2. The lowest BCUT2D eigenvalue weighted by atomic mass is 10.1. The Morgan fingerprint density at radius 1 is 1.13 bits per heavy atom. The summed E-state index contributed by atoms with van der Waals surface area (Å²) in [6.07, 6.45) is 0. The summed E-state index contributed by atoms with van der Waals surface area (Å²) in [5.41, 5.74) is 2.72. The highest BCUT2D eigenvalue weighted by molar-refractivity contribution is 6.31. The van der Waals surface area contributed by atoms with Gasteiger partial charge in [0.2, 0.25) is 5.91 Å². The highest BCUT2D eigenvalue weighted by Crippen LogP contribution is 2.26. The Balaban J connectivity index is 2.09. The summed E-state index contributed by atoms with van der Waals surface area (Å²) in [6, 6.07) is 15.5. The number of benzene rings is 2. The summed E-state index contributed by atoms with van der Waals surface area (Å²) in [7, 11) is 1.83. The van der Waals surface area contributed by atoms with Crippen LogP contribution >= 0.6 is 11.6 Å². The average Bonchev–Trinajstić information content (AvgIpc) is 2.55. The Morgan fingerprint density at radius 2 is 1.87 bits per heavy atom. The zero-order chi connectivity index (χ0) is 16.7. The van der Waals surface area contributed by atoms with Gasteiger partial charge in [0.15, 0.2) is 0 Å². The first kappa shape index (κ1) is 17.3. The van der Waals surface area contributed by atoms with Gasteiger partial charge in [-0.05, 0) is 30.8 Å². The van der Waals surface area contributed by atoms with Crippen LogP contribution in [0.25, 0.3) is 0 Å². The third-order valence-corrected chi connectivity index (χ3v) is 3.76. The molecular formula is C18H22ClN3O. The third kappa shape index (κ3) is 5.27. The highest BCUT2D eigenvalue weighted by Gasteiger charge is 2.14. The molecule has 0 spiro atoms. The molecule has 0 aliphatic heterocycles. The van der Waals surface area contributed by atoms with Crippen LogP contribution in [0, 0.1) is 5.92 Å². The highest BCUT2D eigenvalue weighted by atomic mass is 35.5. The zero-order valence-corrected chi connectivity index (χ0v) is 14.2. The molecule has 4 nitrogen and oxygen atoms in total. The second-order valence-electron chi connectivity index (χ2n) is 5.48. The van der Waals surface area contributed by atoms with Gasteiger partial charge in [-0.15, -0.1) is 0 Å². The van der Waals surface area contributed by atoms with Crippen LogP contribution in [0.3, 0.4) is 0 Å². The summed E-state index contributed by atoms with van der Waals surface area (Å²) in [6.45, 7) is 3.18. The van der Waals surface area contributed by atoms with Crippen LogP contribution in [-0.2, 0) is 11.3 Å². The molecule has 3 N–H and O–H groups in total. The Bertz CT molecular complexity index is 646. The smallest absolute Gasteiger partial charge is 0.228 e. The minimum absolute atomic E-state index is 0.0376. The Labute approximate surface area is 142 Å². The van der Waals surface area contributed by atoms with Crippen LogP contribution < -0.4 is 16.0 Å². The lowest BCUT2D eigenvalue weighted by molar-refractivity contribution is -0.119. The maximum absolute atomic E-state index is 12.2. The van der Waals surface area contributed by atoms with Crippen molar-refractivity contribution in [3.63, 3.8) is 0 Å². The van der Waals surface area contributed by atoms with Crippen LogP contribution in [0.1, 0.15) is 12.5 Å². The van der Waals surface area contributed by atoms with Crippen LogP contribution in [0.2, 0.25) is 5.02 Å². The minimum atomic E-state index is -0.124. The number of nitrogens with one attached hydrogen (secondary N) is 3. The maximum Gasteiger partial charge on any atom is 0.228 e. The number of halogens is 1. The van der Waals surface area contributed by atoms with E-state index in [1.807, 2.05) is 44.3 Å². The molecule has 0 aliphatic rings. The molecule has 1 amide bonds. The quantitative estimate of drug-likeness (QED) is 0.724. The first-order valence-corrected chi connectivity index (χ1v) is 8.00. The number of amides is 1. The maximum atomic E-state index is 12.2. The van der Waals surface area contributed by atoms with Gasteiger partial charge in [-0.1, -0.05) is 48.9 Å². The van der Waals surface area contributed by atoms with E-state index in [1.54, 1.807) is 6.07 Å². The van der Waals surface area contributed by atoms with Gasteiger partial charge in [-0.25, -0.2) is 0 Å². The van der Waals surface area contributed by atoms with Gasteiger partial charge >= 0.3 is 0 Å². The summed E-state index contributed by atoms with van der Waals surface area (Å²) in [5.74, 6) is -0.162. The van der Waals surface area contributed by atoms with Crippen LogP contribution in [0.15, 0.2) is 48.5 Å². The summed E-state index contributed by atoms with van der Waals surface area (Å²) >= 11 is 6.07. The number of carbonyl (C=O) groups is 1. The summed E-state index contributed by atoms with van der Waals surface area (Å²) in [5, 5.41) is 9.88. The van der Waals surface area contributed by atoms with E-state index in [1.165, 1.54) is 5.56 Å². The van der Waals surface area contributed by atoms with Gasteiger partial charge in [0, 0.05) is 24.0 Å². The minimum Gasteiger partial charge on any atom is -0.379 e. The third-order valence-electron chi connectivity index (χ3n) is 3.52. The second kappa shape index (κ2) is 8.56. The van der Waals surface area contributed by atoms with Crippen molar-refractivity contribution in [3.8, 4) is 0 Å².